The highest BCUT2D eigenvalue weighted by atomic mass is 35.5. The normalized spacial score (nSPS) is 17.0. The third kappa shape index (κ3) is 4.63. The molecule has 1 aromatic carbocycles. The second kappa shape index (κ2) is 7.61. The first kappa shape index (κ1) is 14.5. The van der Waals surface area contributed by atoms with Crippen LogP contribution >= 0.6 is 35.0 Å². The Bertz CT molecular complexity index is 381. The molecule has 0 amide bonds. The Labute approximate surface area is 123 Å². The van der Waals surface area contributed by atoms with E-state index in [1.165, 1.54) is 24.6 Å². The van der Waals surface area contributed by atoms with E-state index in [0.717, 1.165) is 35.2 Å². The zero-order valence-corrected chi connectivity index (χ0v) is 12.6. The molecule has 0 unspecified atom stereocenters. The molecule has 18 heavy (non-hydrogen) atoms. The molecule has 2 rings (SSSR count). The number of thioether (sulfide) groups is 1. The number of hydrogen-bond acceptors (Lipinski definition) is 3. The Hall–Kier alpha value is 0.0700. The van der Waals surface area contributed by atoms with Crippen molar-refractivity contribution in [2.75, 3.05) is 37.7 Å². The first-order valence-electron chi connectivity index (χ1n) is 6.20. The summed E-state index contributed by atoms with van der Waals surface area (Å²) in [7, 11) is 0. The van der Waals surface area contributed by atoms with E-state index >= 15 is 0 Å². The summed E-state index contributed by atoms with van der Waals surface area (Å²) in [6, 6.07) is 5.59. The number of hydrogen-bond donors (Lipinski definition) is 1. The molecular weight excluding hydrogens is 287 g/mol. The predicted molar refractivity (Wildman–Crippen MR) is 81.9 cm³/mol. The molecule has 0 spiro atoms. The van der Waals surface area contributed by atoms with Crippen molar-refractivity contribution in [3.05, 3.63) is 33.8 Å². The van der Waals surface area contributed by atoms with Crippen molar-refractivity contribution in [3.8, 4) is 0 Å². The molecule has 0 bridgehead atoms. The van der Waals surface area contributed by atoms with Gasteiger partial charge in [-0.1, -0.05) is 23.2 Å². The lowest BCUT2D eigenvalue weighted by molar-refractivity contribution is 0.301. The lowest BCUT2D eigenvalue weighted by Gasteiger charge is -2.26. The van der Waals surface area contributed by atoms with Crippen molar-refractivity contribution in [1.82, 2.24) is 10.2 Å². The van der Waals surface area contributed by atoms with Crippen LogP contribution in [0.15, 0.2) is 18.2 Å². The van der Waals surface area contributed by atoms with Gasteiger partial charge in [0.05, 0.1) is 0 Å². The van der Waals surface area contributed by atoms with Crippen molar-refractivity contribution < 1.29 is 0 Å². The molecule has 1 heterocycles. The van der Waals surface area contributed by atoms with Crippen molar-refractivity contribution in [1.29, 1.82) is 0 Å². The van der Waals surface area contributed by atoms with Crippen molar-refractivity contribution >= 4 is 35.0 Å². The average molecular weight is 305 g/mol. The van der Waals surface area contributed by atoms with Crippen LogP contribution in [0, 0.1) is 0 Å². The van der Waals surface area contributed by atoms with Gasteiger partial charge < -0.3 is 10.2 Å². The van der Waals surface area contributed by atoms with Crippen LogP contribution in [-0.2, 0) is 6.54 Å². The smallest absolute Gasteiger partial charge is 0.0451 e. The maximum absolute atomic E-state index is 6.11. The molecule has 0 saturated carbocycles. The molecule has 0 aliphatic carbocycles. The Morgan fingerprint density at radius 2 is 2.00 bits per heavy atom. The average Bonchev–Trinajstić information content (AvgIpc) is 2.40. The van der Waals surface area contributed by atoms with E-state index in [1.807, 2.05) is 30.0 Å². The summed E-state index contributed by atoms with van der Waals surface area (Å²) in [6.07, 6.45) is 0. The maximum Gasteiger partial charge on any atom is 0.0451 e. The molecule has 1 aromatic rings. The van der Waals surface area contributed by atoms with Crippen LogP contribution in [0.25, 0.3) is 0 Å². The van der Waals surface area contributed by atoms with E-state index in [-0.39, 0.29) is 0 Å². The van der Waals surface area contributed by atoms with E-state index < -0.39 is 0 Å². The lowest BCUT2D eigenvalue weighted by Crippen LogP contribution is -2.37. The van der Waals surface area contributed by atoms with Gasteiger partial charge in [0.2, 0.25) is 0 Å². The Balaban J connectivity index is 1.69. The minimum Gasteiger partial charge on any atom is -0.311 e. The number of rotatable bonds is 5. The summed E-state index contributed by atoms with van der Waals surface area (Å²) < 4.78 is 0. The molecule has 0 radical (unpaired) electrons. The van der Waals surface area contributed by atoms with Gasteiger partial charge in [0.15, 0.2) is 0 Å². The first-order valence-corrected chi connectivity index (χ1v) is 8.11. The zero-order chi connectivity index (χ0) is 12.8. The van der Waals surface area contributed by atoms with Gasteiger partial charge in [0.1, 0.15) is 0 Å². The summed E-state index contributed by atoms with van der Waals surface area (Å²) in [6.45, 7) is 5.31. The van der Waals surface area contributed by atoms with Crippen LogP contribution in [0.2, 0.25) is 10.0 Å². The highest BCUT2D eigenvalue weighted by Gasteiger charge is 2.09. The van der Waals surface area contributed by atoms with Gasteiger partial charge in [-0.2, -0.15) is 11.8 Å². The van der Waals surface area contributed by atoms with E-state index in [4.69, 9.17) is 23.2 Å². The third-order valence-corrected chi connectivity index (χ3v) is 4.58. The molecule has 1 saturated heterocycles. The fourth-order valence-corrected chi connectivity index (χ4v) is 3.32. The number of halogens is 2. The fourth-order valence-electron chi connectivity index (χ4n) is 1.96. The highest BCUT2D eigenvalue weighted by molar-refractivity contribution is 7.99. The van der Waals surface area contributed by atoms with Crippen molar-refractivity contribution in [2.45, 2.75) is 6.54 Å². The molecule has 5 heteroatoms. The monoisotopic (exact) mass is 304 g/mol. The SMILES string of the molecule is Clc1ccc(Cl)c(CNCCN2CCSCC2)c1. The molecule has 2 nitrogen and oxygen atoms in total. The van der Waals surface area contributed by atoms with E-state index in [2.05, 4.69) is 10.2 Å². The van der Waals surface area contributed by atoms with Crippen LogP contribution in [0.3, 0.4) is 0 Å². The zero-order valence-electron chi connectivity index (χ0n) is 10.3. The van der Waals surface area contributed by atoms with E-state index in [0.29, 0.717) is 0 Å². The van der Waals surface area contributed by atoms with E-state index in [1.54, 1.807) is 0 Å². The standard InChI is InChI=1S/C13H18Cl2N2S/c14-12-1-2-13(15)11(9-12)10-16-3-4-17-5-7-18-8-6-17/h1-2,9,16H,3-8,10H2. The number of nitrogens with one attached hydrogen (secondary N) is 1. The van der Waals surface area contributed by atoms with Crippen LogP contribution < -0.4 is 5.32 Å². The molecule has 100 valence electrons. The van der Waals surface area contributed by atoms with Gasteiger partial charge >= 0.3 is 0 Å². The second-order valence-corrected chi connectivity index (χ2v) is 6.43. The minimum atomic E-state index is 0.740. The minimum absolute atomic E-state index is 0.740. The van der Waals surface area contributed by atoms with E-state index in [9.17, 15) is 0 Å². The van der Waals surface area contributed by atoms with Crippen molar-refractivity contribution in [3.63, 3.8) is 0 Å². The summed E-state index contributed by atoms with van der Waals surface area (Å²) in [4.78, 5) is 2.50. The lowest BCUT2D eigenvalue weighted by atomic mass is 10.2. The van der Waals surface area contributed by atoms with Gasteiger partial charge in [0, 0.05) is 54.3 Å². The van der Waals surface area contributed by atoms with Gasteiger partial charge in [-0.25, -0.2) is 0 Å². The molecule has 0 atom stereocenters. The summed E-state index contributed by atoms with van der Waals surface area (Å²) in [5.41, 5.74) is 1.07. The largest absolute Gasteiger partial charge is 0.311 e. The maximum atomic E-state index is 6.11. The molecule has 1 N–H and O–H groups in total. The summed E-state index contributed by atoms with van der Waals surface area (Å²) in [5.74, 6) is 2.53. The molecule has 1 aliphatic rings. The van der Waals surface area contributed by atoms with Crippen LogP contribution in [0.1, 0.15) is 5.56 Å². The topological polar surface area (TPSA) is 15.3 Å². The van der Waals surface area contributed by atoms with Gasteiger partial charge in [-0.05, 0) is 23.8 Å². The van der Waals surface area contributed by atoms with Crippen molar-refractivity contribution in [2.24, 2.45) is 0 Å². The number of nitrogens with zero attached hydrogens (tertiary/aromatic N) is 1. The summed E-state index contributed by atoms with van der Waals surface area (Å²) in [5, 5.41) is 4.94. The molecule has 1 fully saturated rings. The van der Waals surface area contributed by atoms with Gasteiger partial charge in [-0.3, -0.25) is 0 Å². The van der Waals surface area contributed by atoms with Crippen LogP contribution in [0.4, 0.5) is 0 Å². The van der Waals surface area contributed by atoms with Crippen LogP contribution in [0.5, 0.6) is 0 Å². The predicted octanol–water partition coefficient (Wildman–Crippen LogP) is 3.13. The van der Waals surface area contributed by atoms with Crippen LogP contribution in [-0.4, -0.2) is 42.6 Å². The Kier molecular flexibility index (Phi) is 6.12. The molecule has 0 aromatic heterocycles. The van der Waals surface area contributed by atoms with Gasteiger partial charge in [0.25, 0.3) is 0 Å². The van der Waals surface area contributed by atoms with Gasteiger partial charge in [-0.15, -0.1) is 0 Å². The first-order chi connectivity index (χ1) is 8.75. The fraction of sp³-hybridized carbons (Fsp3) is 0.538. The highest BCUT2D eigenvalue weighted by Crippen LogP contribution is 2.20. The second-order valence-electron chi connectivity index (χ2n) is 4.37. The molecule has 1 aliphatic heterocycles. The summed E-state index contributed by atoms with van der Waals surface area (Å²) >= 11 is 14.1. The molecular formula is C13H18Cl2N2S. The quantitative estimate of drug-likeness (QED) is 0.842. The number of benzene rings is 1. The Morgan fingerprint density at radius 3 is 2.78 bits per heavy atom. The third-order valence-electron chi connectivity index (χ3n) is 3.03. The Morgan fingerprint density at radius 1 is 1.22 bits per heavy atom.